The summed E-state index contributed by atoms with van der Waals surface area (Å²) in [6.07, 6.45) is 6.25. The summed E-state index contributed by atoms with van der Waals surface area (Å²) in [6.45, 7) is 5.08. The third-order valence-corrected chi connectivity index (χ3v) is 6.27. The molecule has 2 saturated heterocycles. The maximum absolute atomic E-state index is 12.8. The highest BCUT2D eigenvalue weighted by Gasteiger charge is 2.37. The lowest BCUT2D eigenvalue weighted by atomic mass is 10.1. The van der Waals surface area contributed by atoms with E-state index < -0.39 is 11.1 Å². The smallest absolute Gasteiger partial charge is 0.294 e. The van der Waals surface area contributed by atoms with Crippen molar-refractivity contribution in [3.8, 4) is 11.5 Å². The molecule has 2 aliphatic rings. The third-order valence-electron chi connectivity index (χ3n) is 4.77. The van der Waals surface area contributed by atoms with E-state index in [1.165, 1.54) is 7.11 Å². The van der Waals surface area contributed by atoms with Crippen LogP contribution >= 0.6 is 27.7 Å². The molecule has 0 spiro atoms. The molecule has 0 saturated carbocycles. The van der Waals surface area contributed by atoms with E-state index >= 15 is 0 Å². The normalized spacial score (nSPS) is 18.1. The fourth-order valence-corrected chi connectivity index (χ4v) is 4.68. The van der Waals surface area contributed by atoms with Gasteiger partial charge in [0.25, 0.3) is 11.1 Å². The summed E-state index contributed by atoms with van der Waals surface area (Å²) < 4.78 is 11.6. The molecular formula is C21H23BrN2O5S. The van der Waals surface area contributed by atoms with Gasteiger partial charge in [0.15, 0.2) is 11.5 Å². The number of rotatable bonds is 7. The van der Waals surface area contributed by atoms with Crippen LogP contribution in [0.1, 0.15) is 24.8 Å². The lowest BCUT2D eigenvalue weighted by molar-refractivity contribution is -0.136. The van der Waals surface area contributed by atoms with E-state index in [-0.39, 0.29) is 17.4 Å². The molecule has 7 nitrogen and oxygen atoms in total. The SMILES string of the molecule is C=CCOc1c(Br)cc(/C=C2\SC(=O)N(CC(=O)N3CCCCC3)C2=O)cc1OC. The minimum absolute atomic E-state index is 0.189. The number of hydrogen-bond acceptors (Lipinski definition) is 6. The van der Waals surface area contributed by atoms with Crippen LogP contribution in [0.4, 0.5) is 4.79 Å². The summed E-state index contributed by atoms with van der Waals surface area (Å²) in [4.78, 5) is 40.6. The van der Waals surface area contributed by atoms with Gasteiger partial charge in [-0.05, 0) is 70.7 Å². The van der Waals surface area contributed by atoms with Crippen molar-refractivity contribution in [2.24, 2.45) is 0 Å². The third kappa shape index (κ3) is 5.07. The molecule has 2 fully saturated rings. The number of thioether (sulfide) groups is 1. The van der Waals surface area contributed by atoms with E-state index in [9.17, 15) is 14.4 Å². The zero-order valence-corrected chi connectivity index (χ0v) is 19.1. The Morgan fingerprint density at radius 2 is 2.00 bits per heavy atom. The summed E-state index contributed by atoms with van der Waals surface area (Å²) in [5, 5.41) is -0.437. The van der Waals surface area contributed by atoms with E-state index in [0.717, 1.165) is 35.9 Å². The predicted molar refractivity (Wildman–Crippen MR) is 119 cm³/mol. The molecule has 30 heavy (non-hydrogen) atoms. The average Bonchev–Trinajstić information content (AvgIpc) is 3.00. The quantitative estimate of drug-likeness (QED) is 0.420. The van der Waals surface area contributed by atoms with E-state index in [4.69, 9.17) is 9.47 Å². The van der Waals surface area contributed by atoms with Gasteiger partial charge in [-0.25, -0.2) is 0 Å². The van der Waals surface area contributed by atoms with Crippen LogP contribution in [0.5, 0.6) is 11.5 Å². The Bertz CT molecular complexity index is 896. The van der Waals surface area contributed by atoms with Crippen LogP contribution in [0.15, 0.2) is 34.2 Å². The molecule has 3 amide bonds. The standard InChI is InChI=1S/C21H23BrN2O5S/c1-3-9-29-19-15(22)10-14(11-16(19)28-2)12-17-20(26)24(21(27)30-17)13-18(25)23-7-5-4-6-8-23/h3,10-12H,1,4-9,13H2,2H3/b17-12-. The number of carbonyl (C=O) groups is 3. The second kappa shape index (κ2) is 10.2. The average molecular weight is 495 g/mol. The maximum Gasteiger partial charge on any atom is 0.294 e. The van der Waals surface area contributed by atoms with Crippen molar-refractivity contribution in [1.29, 1.82) is 0 Å². The number of carbonyl (C=O) groups excluding carboxylic acids is 3. The van der Waals surface area contributed by atoms with Crippen molar-refractivity contribution in [3.63, 3.8) is 0 Å². The Morgan fingerprint density at radius 3 is 2.67 bits per heavy atom. The van der Waals surface area contributed by atoms with Crippen LogP contribution in [0.25, 0.3) is 6.08 Å². The molecule has 0 N–H and O–H groups in total. The van der Waals surface area contributed by atoms with Crippen LogP contribution < -0.4 is 9.47 Å². The van der Waals surface area contributed by atoms with Crippen molar-refractivity contribution in [1.82, 2.24) is 9.80 Å². The van der Waals surface area contributed by atoms with Crippen molar-refractivity contribution in [2.75, 3.05) is 33.4 Å². The number of nitrogens with zero attached hydrogens (tertiary/aromatic N) is 2. The largest absolute Gasteiger partial charge is 0.493 e. The molecule has 3 rings (SSSR count). The Hall–Kier alpha value is -2.26. The minimum atomic E-state index is -0.461. The highest BCUT2D eigenvalue weighted by molar-refractivity contribution is 9.10. The van der Waals surface area contributed by atoms with E-state index in [2.05, 4.69) is 22.5 Å². The first-order chi connectivity index (χ1) is 14.4. The highest BCUT2D eigenvalue weighted by Crippen LogP contribution is 2.39. The van der Waals surface area contributed by atoms with Gasteiger partial charge in [-0.15, -0.1) is 0 Å². The van der Waals surface area contributed by atoms with Gasteiger partial charge in [0.1, 0.15) is 13.2 Å². The first kappa shape index (κ1) is 22.4. The fraction of sp³-hybridized carbons (Fsp3) is 0.381. The number of benzene rings is 1. The summed E-state index contributed by atoms with van der Waals surface area (Å²) in [6, 6.07) is 3.49. The minimum Gasteiger partial charge on any atom is -0.493 e. The summed E-state index contributed by atoms with van der Waals surface area (Å²) in [5.74, 6) is 0.357. The summed E-state index contributed by atoms with van der Waals surface area (Å²) in [7, 11) is 1.52. The number of ether oxygens (including phenoxy) is 2. The Kier molecular flexibility index (Phi) is 7.60. The molecule has 2 aliphatic heterocycles. The topological polar surface area (TPSA) is 76.2 Å². The Balaban J connectivity index is 1.77. The van der Waals surface area contributed by atoms with Gasteiger partial charge >= 0.3 is 0 Å². The second-order valence-electron chi connectivity index (χ2n) is 6.84. The molecule has 0 aromatic heterocycles. The van der Waals surface area contributed by atoms with Crippen molar-refractivity contribution in [2.45, 2.75) is 19.3 Å². The molecule has 0 atom stereocenters. The van der Waals surface area contributed by atoms with Gasteiger partial charge in [-0.2, -0.15) is 0 Å². The van der Waals surface area contributed by atoms with Crippen LogP contribution in [-0.4, -0.2) is 60.2 Å². The van der Waals surface area contributed by atoms with Gasteiger partial charge in [-0.3, -0.25) is 19.3 Å². The van der Waals surface area contributed by atoms with Crippen molar-refractivity contribution in [3.05, 3.63) is 39.7 Å². The molecule has 9 heteroatoms. The molecule has 0 radical (unpaired) electrons. The molecule has 1 aromatic rings. The first-order valence-electron chi connectivity index (χ1n) is 9.59. The molecule has 0 unspecified atom stereocenters. The number of imide groups is 1. The maximum atomic E-state index is 12.8. The zero-order valence-electron chi connectivity index (χ0n) is 16.7. The van der Waals surface area contributed by atoms with E-state index in [1.807, 2.05) is 0 Å². The van der Waals surface area contributed by atoms with E-state index in [0.29, 0.717) is 41.2 Å². The number of likely N-dealkylation sites (tertiary alicyclic amines) is 1. The first-order valence-corrected chi connectivity index (χ1v) is 11.2. The lowest BCUT2D eigenvalue weighted by Gasteiger charge is -2.27. The number of methoxy groups -OCH3 is 1. The predicted octanol–water partition coefficient (Wildman–Crippen LogP) is 4.07. The van der Waals surface area contributed by atoms with Gasteiger partial charge < -0.3 is 14.4 Å². The second-order valence-corrected chi connectivity index (χ2v) is 8.69. The number of halogens is 1. The van der Waals surface area contributed by atoms with Crippen LogP contribution in [0.2, 0.25) is 0 Å². The van der Waals surface area contributed by atoms with E-state index in [1.54, 1.807) is 29.2 Å². The van der Waals surface area contributed by atoms with Gasteiger partial charge in [0, 0.05) is 13.1 Å². The van der Waals surface area contributed by atoms with Crippen LogP contribution in [-0.2, 0) is 9.59 Å². The van der Waals surface area contributed by atoms with Crippen molar-refractivity contribution >= 4 is 50.8 Å². The molecule has 2 heterocycles. The van der Waals surface area contributed by atoms with Gasteiger partial charge in [-0.1, -0.05) is 12.7 Å². The number of amides is 3. The van der Waals surface area contributed by atoms with Gasteiger partial charge in [0.05, 0.1) is 16.5 Å². The van der Waals surface area contributed by atoms with Crippen LogP contribution in [0.3, 0.4) is 0 Å². The van der Waals surface area contributed by atoms with Crippen LogP contribution in [0, 0.1) is 0 Å². The fourth-order valence-electron chi connectivity index (χ4n) is 3.27. The summed E-state index contributed by atoms with van der Waals surface area (Å²) >= 11 is 4.28. The van der Waals surface area contributed by atoms with Crippen molar-refractivity contribution < 1.29 is 23.9 Å². The lowest BCUT2D eigenvalue weighted by Crippen LogP contribution is -2.44. The Morgan fingerprint density at radius 1 is 1.27 bits per heavy atom. The molecular weight excluding hydrogens is 472 g/mol. The molecule has 1 aromatic carbocycles. The van der Waals surface area contributed by atoms with Gasteiger partial charge in [0.2, 0.25) is 5.91 Å². The number of hydrogen-bond donors (Lipinski definition) is 0. The highest BCUT2D eigenvalue weighted by atomic mass is 79.9. The zero-order chi connectivity index (χ0) is 21.7. The molecule has 0 bridgehead atoms. The Labute approximate surface area is 188 Å². The summed E-state index contributed by atoms with van der Waals surface area (Å²) in [5.41, 5.74) is 0.664. The number of piperidine rings is 1. The molecule has 160 valence electrons. The molecule has 0 aliphatic carbocycles. The monoisotopic (exact) mass is 494 g/mol.